The number of ether oxygens (including phenoxy) is 1. The Morgan fingerprint density at radius 3 is 2.50 bits per heavy atom. The average molecular weight is 314 g/mol. The van der Waals surface area contributed by atoms with E-state index in [4.69, 9.17) is 10.5 Å². The van der Waals surface area contributed by atoms with Crippen LogP contribution in [0, 0.1) is 0 Å². The highest BCUT2D eigenvalue weighted by atomic mass is 35.5. The molecule has 0 aliphatic rings. The van der Waals surface area contributed by atoms with Crippen molar-refractivity contribution >= 4 is 23.7 Å². The quantitative estimate of drug-likeness (QED) is 0.897. The molecule has 3 N–H and O–H groups in total. The summed E-state index contributed by atoms with van der Waals surface area (Å²) in [5.41, 5.74) is 6.60. The molecule has 0 amide bonds. The molecule has 2 aromatic rings. The molecule has 0 unspecified atom stereocenters. The zero-order valence-electron chi connectivity index (χ0n) is 11.8. The molecule has 2 rings (SSSR count). The lowest BCUT2D eigenvalue weighted by molar-refractivity contribution is 0.130. The molecule has 0 aliphatic carbocycles. The normalized spacial score (nSPS) is 12.6. The van der Waals surface area contributed by atoms with Crippen LogP contribution in [0.25, 0.3) is 0 Å². The first-order chi connectivity index (χ1) is 8.87. The Bertz CT molecular complexity index is 549. The maximum atomic E-state index is 9.97. The van der Waals surface area contributed by atoms with Crippen molar-refractivity contribution in [1.82, 2.24) is 0 Å². The lowest BCUT2D eigenvalue weighted by Gasteiger charge is -2.22. The largest absolute Gasteiger partial charge is 0.508 e. The Labute approximate surface area is 129 Å². The van der Waals surface area contributed by atoms with Gasteiger partial charge in [-0.2, -0.15) is 0 Å². The van der Waals surface area contributed by atoms with Gasteiger partial charge >= 0.3 is 0 Å². The monoisotopic (exact) mass is 313 g/mol. The van der Waals surface area contributed by atoms with E-state index in [1.807, 2.05) is 44.4 Å². The highest BCUT2D eigenvalue weighted by Gasteiger charge is 2.17. The molecule has 0 radical (unpaired) electrons. The van der Waals surface area contributed by atoms with Gasteiger partial charge in [-0.15, -0.1) is 23.7 Å². The third-order valence-corrected chi connectivity index (χ3v) is 3.56. The molecule has 0 bridgehead atoms. The standard InChI is InChI=1S/C15H19NO2S.ClH/c1-15(2,3)18-10-6-7-12(17)11(9-10)14(16)13-5-4-8-19-13;/h4-9,14,17H,16H2,1-3H3;1H/t14-;/m1./s1. The summed E-state index contributed by atoms with van der Waals surface area (Å²) in [5, 5.41) is 11.9. The summed E-state index contributed by atoms with van der Waals surface area (Å²) in [4.78, 5) is 1.02. The van der Waals surface area contributed by atoms with E-state index in [9.17, 15) is 5.11 Å². The maximum Gasteiger partial charge on any atom is 0.120 e. The fraction of sp³-hybridized carbons (Fsp3) is 0.333. The summed E-state index contributed by atoms with van der Waals surface area (Å²) >= 11 is 1.58. The van der Waals surface area contributed by atoms with Crippen LogP contribution in [0.2, 0.25) is 0 Å². The third kappa shape index (κ3) is 4.13. The molecule has 20 heavy (non-hydrogen) atoms. The Kier molecular flexibility index (Phi) is 5.45. The molecule has 0 aliphatic heterocycles. The molecule has 1 aromatic carbocycles. The number of rotatable bonds is 3. The number of phenolic OH excluding ortho intramolecular Hbond substituents is 1. The predicted octanol–water partition coefficient (Wildman–Crippen LogP) is 4.10. The van der Waals surface area contributed by atoms with E-state index in [-0.39, 0.29) is 29.8 Å². The first kappa shape index (κ1) is 16.8. The smallest absolute Gasteiger partial charge is 0.120 e. The summed E-state index contributed by atoms with van der Waals surface area (Å²) in [6, 6.07) is 8.78. The number of phenols is 1. The zero-order valence-corrected chi connectivity index (χ0v) is 13.4. The van der Waals surface area contributed by atoms with Crippen molar-refractivity contribution < 1.29 is 9.84 Å². The van der Waals surface area contributed by atoms with Gasteiger partial charge in [0.2, 0.25) is 0 Å². The molecular formula is C15H20ClNO2S. The van der Waals surface area contributed by atoms with Gasteiger partial charge < -0.3 is 15.6 Å². The van der Waals surface area contributed by atoms with E-state index in [2.05, 4.69) is 0 Å². The lowest BCUT2D eigenvalue weighted by atomic mass is 10.0. The predicted molar refractivity (Wildman–Crippen MR) is 86.1 cm³/mol. The summed E-state index contributed by atoms with van der Waals surface area (Å²) in [6.45, 7) is 5.95. The second-order valence-corrected chi connectivity index (χ2v) is 6.41. The SMILES string of the molecule is CC(C)(C)Oc1ccc(O)c([C@@H](N)c2cccs2)c1.Cl. The molecule has 3 nitrogen and oxygen atoms in total. The lowest BCUT2D eigenvalue weighted by Crippen LogP contribution is -2.23. The molecule has 0 fully saturated rings. The van der Waals surface area contributed by atoms with E-state index in [0.717, 1.165) is 4.88 Å². The van der Waals surface area contributed by atoms with Gasteiger partial charge in [0.25, 0.3) is 0 Å². The van der Waals surface area contributed by atoms with Gasteiger partial charge in [-0.1, -0.05) is 6.07 Å². The van der Waals surface area contributed by atoms with E-state index >= 15 is 0 Å². The van der Waals surface area contributed by atoms with Crippen molar-refractivity contribution in [1.29, 1.82) is 0 Å². The molecule has 0 saturated heterocycles. The van der Waals surface area contributed by atoms with Crippen molar-refractivity contribution in [2.24, 2.45) is 5.73 Å². The third-order valence-electron chi connectivity index (χ3n) is 2.61. The van der Waals surface area contributed by atoms with Crippen LogP contribution >= 0.6 is 23.7 Å². The van der Waals surface area contributed by atoms with Crippen molar-refractivity contribution in [2.75, 3.05) is 0 Å². The number of benzene rings is 1. The van der Waals surface area contributed by atoms with Gasteiger partial charge in [0, 0.05) is 10.4 Å². The van der Waals surface area contributed by atoms with Crippen LogP contribution in [-0.4, -0.2) is 10.7 Å². The minimum atomic E-state index is -0.330. The molecule has 0 spiro atoms. The van der Waals surface area contributed by atoms with E-state index < -0.39 is 0 Å². The number of hydrogen-bond acceptors (Lipinski definition) is 4. The summed E-state index contributed by atoms with van der Waals surface area (Å²) in [6.07, 6.45) is 0. The maximum absolute atomic E-state index is 9.97. The number of nitrogens with two attached hydrogens (primary N) is 1. The fourth-order valence-corrected chi connectivity index (χ4v) is 2.57. The van der Waals surface area contributed by atoms with Gasteiger partial charge in [-0.25, -0.2) is 0 Å². The van der Waals surface area contributed by atoms with Crippen LogP contribution < -0.4 is 10.5 Å². The molecule has 1 aromatic heterocycles. The van der Waals surface area contributed by atoms with Crippen molar-refractivity contribution in [3.05, 3.63) is 46.2 Å². The highest BCUT2D eigenvalue weighted by Crippen LogP contribution is 2.33. The second kappa shape index (κ2) is 6.48. The summed E-state index contributed by atoms with van der Waals surface area (Å²) in [5.74, 6) is 0.912. The first-order valence-electron chi connectivity index (χ1n) is 6.18. The van der Waals surface area contributed by atoms with E-state index in [1.54, 1.807) is 23.5 Å². The summed E-state index contributed by atoms with van der Waals surface area (Å²) in [7, 11) is 0. The molecule has 110 valence electrons. The Hall–Kier alpha value is -1.23. The van der Waals surface area contributed by atoms with Crippen LogP contribution in [0.4, 0.5) is 0 Å². The van der Waals surface area contributed by atoms with E-state index in [0.29, 0.717) is 11.3 Å². The number of hydrogen-bond donors (Lipinski definition) is 2. The minimum absolute atomic E-state index is 0. The Morgan fingerprint density at radius 2 is 1.95 bits per heavy atom. The van der Waals surface area contributed by atoms with Crippen molar-refractivity contribution in [2.45, 2.75) is 32.4 Å². The van der Waals surface area contributed by atoms with E-state index in [1.165, 1.54) is 0 Å². The molecule has 1 heterocycles. The topological polar surface area (TPSA) is 55.5 Å². The number of aromatic hydroxyl groups is 1. The van der Waals surface area contributed by atoms with Gasteiger partial charge in [-0.3, -0.25) is 0 Å². The zero-order chi connectivity index (χ0) is 14.0. The van der Waals surface area contributed by atoms with Crippen LogP contribution in [0.3, 0.4) is 0 Å². The van der Waals surface area contributed by atoms with Crippen LogP contribution in [0.15, 0.2) is 35.7 Å². The van der Waals surface area contributed by atoms with Gasteiger partial charge in [0.15, 0.2) is 0 Å². The highest BCUT2D eigenvalue weighted by molar-refractivity contribution is 7.10. The Balaban J connectivity index is 0.00000200. The minimum Gasteiger partial charge on any atom is -0.508 e. The van der Waals surface area contributed by atoms with Crippen LogP contribution in [0.1, 0.15) is 37.3 Å². The van der Waals surface area contributed by atoms with Gasteiger partial charge in [0.05, 0.1) is 6.04 Å². The van der Waals surface area contributed by atoms with Crippen LogP contribution in [-0.2, 0) is 0 Å². The molecule has 0 saturated carbocycles. The van der Waals surface area contributed by atoms with Crippen molar-refractivity contribution in [3.8, 4) is 11.5 Å². The molecule has 5 heteroatoms. The average Bonchev–Trinajstić information content (AvgIpc) is 2.82. The first-order valence-corrected chi connectivity index (χ1v) is 7.06. The van der Waals surface area contributed by atoms with Gasteiger partial charge in [0.1, 0.15) is 17.1 Å². The van der Waals surface area contributed by atoms with Crippen LogP contribution in [0.5, 0.6) is 11.5 Å². The molecule has 1 atom stereocenters. The number of thiophene rings is 1. The molecular weight excluding hydrogens is 294 g/mol. The van der Waals surface area contributed by atoms with Crippen molar-refractivity contribution in [3.63, 3.8) is 0 Å². The summed E-state index contributed by atoms with van der Waals surface area (Å²) < 4.78 is 5.80. The van der Waals surface area contributed by atoms with Gasteiger partial charge in [-0.05, 0) is 50.4 Å². The fourth-order valence-electron chi connectivity index (χ4n) is 1.82. The Morgan fingerprint density at radius 1 is 1.25 bits per heavy atom. The second-order valence-electron chi connectivity index (χ2n) is 5.43. The number of halogens is 1.